The van der Waals surface area contributed by atoms with Gasteiger partial charge in [-0.3, -0.25) is 24.2 Å². The molecule has 0 rings (SSSR count). The van der Waals surface area contributed by atoms with Crippen LogP contribution in [0.1, 0.15) is 53.4 Å². The molecular weight excluding hydrogens is 516 g/mol. The van der Waals surface area contributed by atoms with Gasteiger partial charge in [0.15, 0.2) is 5.96 Å². The zero-order valence-electron chi connectivity index (χ0n) is 22.5. The van der Waals surface area contributed by atoms with E-state index in [2.05, 4.69) is 38.9 Å². The molecular formula is C23H44N8O6S. The molecule has 5 atom stereocenters. The highest BCUT2D eigenvalue weighted by atomic mass is 32.1. The van der Waals surface area contributed by atoms with Crippen LogP contribution in [0.2, 0.25) is 0 Å². The van der Waals surface area contributed by atoms with Crippen LogP contribution in [0.3, 0.4) is 0 Å². The molecule has 0 aromatic heterocycles. The van der Waals surface area contributed by atoms with Crippen LogP contribution >= 0.6 is 12.6 Å². The molecule has 0 aliphatic rings. The number of carboxylic acids is 1. The average Bonchev–Trinajstić information content (AvgIpc) is 2.85. The quantitative estimate of drug-likeness (QED) is 0.0390. The minimum Gasteiger partial charge on any atom is -0.480 e. The lowest BCUT2D eigenvalue weighted by molar-refractivity contribution is -0.143. The minimum absolute atomic E-state index is 0.00775. The maximum Gasteiger partial charge on any atom is 0.326 e. The normalized spacial score (nSPS) is 14.8. The third-order valence-corrected chi connectivity index (χ3v) is 6.06. The van der Waals surface area contributed by atoms with Crippen molar-refractivity contribution in [1.82, 2.24) is 21.3 Å². The van der Waals surface area contributed by atoms with Crippen LogP contribution in [0.15, 0.2) is 4.99 Å². The van der Waals surface area contributed by atoms with Gasteiger partial charge in [-0.15, -0.1) is 0 Å². The van der Waals surface area contributed by atoms with E-state index in [9.17, 15) is 29.1 Å². The maximum absolute atomic E-state index is 12.8. The van der Waals surface area contributed by atoms with Crippen molar-refractivity contribution in [3.05, 3.63) is 0 Å². The van der Waals surface area contributed by atoms with Crippen LogP contribution in [-0.4, -0.2) is 83.7 Å². The molecule has 218 valence electrons. The van der Waals surface area contributed by atoms with Crippen molar-refractivity contribution < 1.29 is 29.1 Å². The van der Waals surface area contributed by atoms with Gasteiger partial charge < -0.3 is 43.6 Å². The van der Waals surface area contributed by atoms with E-state index in [4.69, 9.17) is 17.2 Å². The summed E-state index contributed by atoms with van der Waals surface area (Å²) < 4.78 is 0. The first-order valence-corrected chi connectivity index (χ1v) is 13.2. The molecule has 0 aliphatic heterocycles. The Labute approximate surface area is 229 Å². The molecule has 0 spiro atoms. The summed E-state index contributed by atoms with van der Waals surface area (Å²) in [7, 11) is 0. The monoisotopic (exact) mass is 560 g/mol. The third-order valence-electron chi connectivity index (χ3n) is 5.67. The van der Waals surface area contributed by atoms with Gasteiger partial charge in [0.1, 0.15) is 18.1 Å². The standard InChI is InChI=1S/C23H44N8O6S/c1-5-13(4)18(22(36)37)31-21(35)16(9-12(2)3)29-17(32)10-28-20(34)15(7-6-8-27-23(25)26)30-19(33)14(24)11-38/h12-16,18,38H,5-11,24H2,1-4H3,(H,28,34)(H,29,32)(H,30,33)(H,31,35)(H,36,37)(H4,25,26,27)/t13-,14-,15-,16-,18-/m0/s1. The molecule has 0 heterocycles. The van der Waals surface area contributed by atoms with E-state index in [1.54, 1.807) is 6.92 Å². The Morgan fingerprint density at radius 3 is 2.08 bits per heavy atom. The largest absolute Gasteiger partial charge is 0.480 e. The molecule has 0 aromatic carbocycles. The van der Waals surface area contributed by atoms with Gasteiger partial charge in [-0.2, -0.15) is 12.6 Å². The minimum atomic E-state index is -1.17. The third kappa shape index (κ3) is 14.0. The summed E-state index contributed by atoms with van der Waals surface area (Å²) >= 11 is 3.98. The lowest BCUT2D eigenvalue weighted by Crippen LogP contribution is -2.56. The molecule has 0 unspecified atom stereocenters. The molecule has 15 heteroatoms. The molecule has 0 saturated carbocycles. The predicted molar refractivity (Wildman–Crippen MR) is 147 cm³/mol. The SMILES string of the molecule is CC[C@H](C)[C@H](NC(=O)[C@H](CC(C)C)NC(=O)CNC(=O)[C@H](CCCN=C(N)N)NC(=O)[C@@H](N)CS)C(=O)O. The van der Waals surface area contributed by atoms with Crippen LogP contribution < -0.4 is 38.5 Å². The second kappa shape index (κ2) is 18.2. The van der Waals surface area contributed by atoms with E-state index < -0.39 is 60.3 Å². The van der Waals surface area contributed by atoms with E-state index in [-0.39, 0.29) is 42.9 Å². The van der Waals surface area contributed by atoms with Crippen molar-refractivity contribution in [1.29, 1.82) is 0 Å². The van der Waals surface area contributed by atoms with Gasteiger partial charge >= 0.3 is 5.97 Å². The number of rotatable bonds is 18. The molecule has 0 aliphatic carbocycles. The highest BCUT2D eigenvalue weighted by Gasteiger charge is 2.30. The Morgan fingerprint density at radius 1 is 0.947 bits per heavy atom. The molecule has 0 saturated heterocycles. The summed E-state index contributed by atoms with van der Waals surface area (Å²) in [6, 6.07) is -4.06. The first-order valence-electron chi connectivity index (χ1n) is 12.6. The van der Waals surface area contributed by atoms with Crippen molar-refractivity contribution in [2.24, 2.45) is 34.0 Å². The van der Waals surface area contributed by atoms with Crippen molar-refractivity contribution in [3.8, 4) is 0 Å². The number of carbonyl (C=O) groups excluding carboxylic acids is 4. The smallest absolute Gasteiger partial charge is 0.326 e. The summed E-state index contributed by atoms with van der Waals surface area (Å²) in [5.74, 6) is -4.04. The van der Waals surface area contributed by atoms with E-state index in [1.807, 2.05) is 20.8 Å². The van der Waals surface area contributed by atoms with Gasteiger partial charge in [-0.1, -0.05) is 34.1 Å². The number of nitrogens with zero attached hydrogens (tertiary/aromatic N) is 1. The van der Waals surface area contributed by atoms with E-state index in [0.717, 1.165) is 0 Å². The Bertz CT molecular complexity index is 837. The average molecular weight is 561 g/mol. The lowest BCUT2D eigenvalue weighted by atomic mass is 9.97. The van der Waals surface area contributed by atoms with Crippen LogP contribution in [0.25, 0.3) is 0 Å². The molecule has 0 fully saturated rings. The zero-order valence-corrected chi connectivity index (χ0v) is 23.4. The summed E-state index contributed by atoms with van der Waals surface area (Å²) in [5.41, 5.74) is 16.3. The lowest BCUT2D eigenvalue weighted by Gasteiger charge is -2.25. The van der Waals surface area contributed by atoms with Crippen LogP contribution in [-0.2, 0) is 24.0 Å². The molecule has 38 heavy (non-hydrogen) atoms. The summed E-state index contributed by atoms with van der Waals surface area (Å²) in [4.78, 5) is 65.8. The number of amides is 4. The molecule has 11 N–H and O–H groups in total. The Hall–Kier alpha value is -3.07. The summed E-state index contributed by atoms with van der Waals surface area (Å²) in [6.07, 6.45) is 1.31. The molecule has 0 aromatic rings. The van der Waals surface area contributed by atoms with E-state index in [0.29, 0.717) is 12.8 Å². The number of aliphatic carboxylic acids is 1. The second-order valence-electron chi connectivity index (χ2n) is 9.48. The van der Waals surface area contributed by atoms with Gasteiger partial charge in [0.2, 0.25) is 23.6 Å². The fraction of sp³-hybridized carbons (Fsp3) is 0.739. The molecule has 0 bridgehead atoms. The van der Waals surface area contributed by atoms with E-state index >= 15 is 0 Å². The first-order chi connectivity index (χ1) is 17.7. The Balaban J connectivity index is 5.28. The second-order valence-corrected chi connectivity index (χ2v) is 9.84. The Kier molecular flexibility index (Phi) is 16.8. The fourth-order valence-corrected chi connectivity index (χ4v) is 3.48. The number of thiol groups is 1. The van der Waals surface area contributed by atoms with E-state index in [1.165, 1.54) is 0 Å². The van der Waals surface area contributed by atoms with Gasteiger partial charge in [-0.05, 0) is 31.1 Å². The number of hydrogen-bond acceptors (Lipinski definition) is 8. The van der Waals surface area contributed by atoms with Crippen molar-refractivity contribution in [3.63, 3.8) is 0 Å². The van der Waals surface area contributed by atoms with Crippen LogP contribution in [0.5, 0.6) is 0 Å². The predicted octanol–water partition coefficient (Wildman–Crippen LogP) is -1.96. The van der Waals surface area contributed by atoms with Crippen LogP contribution in [0.4, 0.5) is 0 Å². The number of nitrogens with two attached hydrogens (primary N) is 3. The van der Waals surface area contributed by atoms with Gasteiger partial charge in [0.05, 0.1) is 12.6 Å². The highest BCUT2D eigenvalue weighted by molar-refractivity contribution is 7.80. The number of aliphatic imine (C=N–C) groups is 1. The maximum atomic E-state index is 12.8. The highest BCUT2D eigenvalue weighted by Crippen LogP contribution is 2.10. The first kappa shape index (κ1) is 34.9. The fourth-order valence-electron chi connectivity index (χ4n) is 3.31. The Morgan fingerprint density at radius 2 is 1.58 bits per heavy atom. The van der Waals surface area contributed by atoms with Gasteiger partial charge in [0.25, 0.3) is 0 Å². The van der Waals surface area contributed by atoms with Crippen molar-refractivity contribution in [2.45, 2.75) is 77.5 Å². The topological polar surface area (TPSA) is 244 Å². The zero-order chi connectivity index (χ0) is 29.4. The van der Waals surface area contributed by atoms with Crippen molar-refractivity contribution >= 4 is 48.2 Å². The molecule has 0 radical (unpaired) electrons. The number of nitrogens with one attached hydrogen (secondary N) is 4. The van der Waals surface area contributed by atoms with Gasteiger partial charge in [-0.25, -0.2) is 4.79 Å². The molecule has 4 amide bonds. The number of carbonyl (C=O) groups is 5. The summed E-state index contributed by atoms with van der Waals surface area (Å²) in [6.45, 7) is 6.96. The van der Waals surface area contributed by atoms with Crippen molar-refractivity contribution in [2.75, 3.05) is 18.8 Å². The molecule has 14 nitrogen and oxygen atoms in total. The number of guanidine groups is 1. The van der Waals surface area contributed by atoms with Gasteiger partial charge in [0, 0.05) is 12.3 Å². The number of hydrogen-bond donors (Lipinski definition) is 9. The summed E-state index contributed by atoms with van der Waals surface area (Å²) in [5, 5.41) is 19.5. The van der Waals surface area contributed by atoms with Crippen LogP contribution in [0, 0.1) is 11.8 Å². The number of carboxylic acid groups (broad SMARTS) is 1.